The summed E-state index contributed by atoms with van der Waals surface area (Å²) in [4.78, 5) is 4.43. The first-order valence-corrected chi connectivity index (χ1v) is 6.91. The summed E-state index contributed by atoms with van der Waals surface area (Å²) in [5, 5.41) is 16.7. The molecule has 1 aromatic heterocycles. The van der Waals surface area contributed by atoms with Crippen LogP contribution >= 0.6 is 0 Å². The Labute approximate surface area is 118 Å². The molecule has 0 spiro atoms. The lowest BCUT2D eigenvalue weighted by molar-refractivity contribution is 0.191. The van der Waals surface area contributed by atoms with E-state index in [9.17, 15) is 5.11 Å². The monoisotopic (exact) mass is 273 g/mol. The zero-order valence-corrected chi connectivity index (χ0v) is 11.8. The van der Waals surface area contributed by atoms with Crippen LogP contribution in [0, 0.1) is 13.8 Å². The molecule has 3 rings (SSSR count). The average molecular weight is 273 g/mol. The molecule has 1 aliphatic rings. The SMILES string of the molecule is Cc1cc(C)cc(Cc2noc([C@@H]3C[C@@H](O)CN3)n2)c1. The van der Waals surface area contributed by atoms with Gasteiger partial charge in [-0.2, -0.15) is 4.98 Å². The normalized spacial score (nSPS) is 22.4. The number of benzene rings is 1. The number of aliphatic hydroxyl groups excluding tert-OH is 1. The van der Waals surface area contributed by atoms with Crippen LogP contribution < -0.4 is 5.32 Å². The van der Waals surface area contributed by atoms with E-state index >= 15 is 0 Å². The predicted molar refractivity (Wildman–Crippen MR) is 74.4 cm³/mol. The fourth-order valence-electron chi connectivity index (χ4n) is 2.74. The molecule has 2 heterocycles. The number of hydrogen-bond donors (Lipinski definition) is 2. The fraction of sp³-hybridized carbons (Fsp3) is 0.467. The average Bonchev–Trinajstić information content (AvgIpc) is 2.96. The van der Waals surface area contributed by atoms with E-state index in [2.05, 4.69) is 47.5 Å². The van der Waals surface area contributed by atoms with Crippen molar-refractivity contribution in [3.63, 3.8) is 0 Å². The molecule has 106 valence electrons. The van der Waals surface area contributed by atoms with Gasteiger partial charge in [-0.25, -0.2) is 0 Å². The Hall–Kier alpha value is -1.72. The second kappa shape index (κ2) is 5.34. The molecule has 1 fully saturated rings. The van der Waals surface area contributed by atoms with E-state index in [1.165, 1.54) is 16.7 Å². The Balaban J connectivity index is 1.73. The van der Waals surface area contributed by atoms with Crippen molar-refractivity contribution in [2.24, 2.45) is 0 Å². The standard InChI is InChI=1S/C15H19N3O2/c1-9-3-10(2)5-11(4-9)6-14-17-15(20-18-14)13-7-12(19)8-16-13/h3-5,12-13,16,19H,6-8H2,1-2H3/t12-,13+/m1/s1. The molecule has 0 unspecified atom stereocenters. The van der Waals surface area contributed by atoms with Crippen molar-refractivity contribution < 1.29 is 9.63 Å². The second-order valence-corrected chi connectivity index (χ2v) is 5.57. The Morgan fingerprint density at radius 1 is 1.30 bits per heavy atom. The molecular weight excluding hydrogens is 254 g/mol. The van der Waals surface area contributed by atoms with Crippen molar-refractivity contribution in [2.75, 3.05) is 6.54 Å². The Kier molecular flexibility index (Phi) is 3.54. The second-order valence-electron chi connectivity index (χ2n) is 5.57. The van der Waals surface area contributed by atoms with E-state index in [-0.39, 0.29) is 12.1 Å². The largest absolute Gasteiger partial charge is 0.392 e. The highest BCUT2D eigenvalue weighted by molar-refractivity contribution is 5.30. The number of nitrogens with zero attached hydrogens (tertiary/aromatic N) is 2. The van der Waals surface area contributed by atoms with Crippen LogP contribution in [0.25, 0.3) is 0 Å². The van der Waals surface area contributed by atoms with Gasteiger partial charge in [-0.15, -0.1) is 0 Å². The zero-order valence-electron chi connectivity index (χ0n) is 11.8. The Morgan fingerprint density at radius 2 is 2.05 bits per heavy atom. The number of nitrogens with one attached hydrogen (secondary N) is 1. The van der Waals surface area contributed by atoms with Crippen molar-refractivity contribution >= 4 is 0 Å². The van der Waals surface area contributed by atoms with Crippen LogP contribution in [0.5, 0.6) is 0 Å². The van der Waals surface area contributed by atoms with E-state index in [4.69, 9.17) is 4.52 Å². The van der Waals surface area contributed by atoms with Gasteiger partial charge in [0.2, 0.25) is 5.89 Å². The molecule has 2 atom stereocenters. The minimum Gasteiger partial charge on any atom is -0.392 e. The summed E-state index contributed by atoms with van der Waals surface area (Å²) in [6.45, 7) is 4.75. The van der Waals surface area contributed by atoms with Gasteiger partial charge in [0.1, 0.15) is 0 Å². The summed E-state index contributed by atoms with van der Waals surface area (Å²) in [6, 6.07) is 6.40. The summed E-state index contributed by atoms with van der Waals surface area (Å²) in [7, 11) is 0. The number of rotatable bonds is 3. The van der Waals surface area contributed by atoms with Crippen LogP contribution in [0.2, 0.25) is 0 Å². The number of hydrogen-bond acceptors (Lipinski definition) is 5. The number of aromatic nitrogens is 2. The molecule has 5 nitrogen and oxygen atoms in total. The van der Waals surface area contributed by atoms with Crippen LogP contribution in [0.4, 0.5) is 0 Å². The Bertz CT molecular complexity index is 589. The number of aliphatic hydroxyl groups is 1. The van der Waals surface area contributed by atoms with Crippen LogP contribution in [0.15, 0.2) is 22.7 Å². The van der Waals surface area contributed by atoms with Gasteiger partial charge in [0.25, 0.3) is 0 Å². The van der Waals surface area contributed by atoms with Crippen molar-refractivity contribution in [1.29, 1.82) is 0 Å². The van der Waals surface area contributed by atoms with Gasteiger partial charge in [0.15, 0.2) is 5.82 Å². The molecule has 5 heteroatoms. The minimum atomic E-state index is -0.324. The molecule has 0 radical (unpaired) electrons. The highest BCUT2D eigenvalue weighted by Crippen LogP contribution is 2.22. The topological polar surface area (TPSA) is 71.2 Å². The third-order valence-corrected chi connectivity index (χ3v) is 3.53. The first-order chi connectivity index (χ1) is 9.60. The molecule has 1 aliphatic heterocycles. The van der Waals surface area contributed by atoms with E-state index in [0.29, 0.717) is 31.1 Å². The summed E-state index contributed by atoms with van der Waals surface area (Å²) < 4.78 is 5.29. The maximum atomic E-state index is 9.51. The molecule has 0 saturated carbocycles. The van der Waals surface area contributed by atoms with Crippen LogP contribution in [-0.4, -0.2) is 27.9 Å². The number of aryl methyl sites for hydroxylation is 2. The third-order valence-electron chi connectivity index (χ3n) is 3.53. The quantitative estimate of drug-likeness (QED) is 0.890. The molecule has 1 aromatic carbocycles. The van der Waals surface area contributed by atoms with Crippen molar-refractivity contribution in [3.05, 3.63) is 46.6 Å². The van der Waals surface area contributed by atoms with E-state index in [1.54, 1.807) is 0 Å². The van der Waals surface area contributed by atoms with Gasteiger partial charge < -0.3 is 14.9 Å². The predicted octanol–water partition coefficient (Wildman–Crippen LogP) is 1.67. The minimum absolute atomic E-state index is 0.0227. The first-order valence-electron chi connectivity index (χ1n) is 6.91. The molecule has 2 N–H and O–H groups in total. The molecule has 2 aromatic rings. The number of β-amino-alcohol motifs (C(OH)–C–C–N with tert-alkyl or cyclic N) is 1. The smallest absolute Gasteiger partial charge is 0.243 e. The summed E-state index contributed by atoms with van der Waals surface area (Å²) in [6.07, 6.45) is 0.974. The van der Waals surface area contributed by atoms with E-state index in [0.717, 1.165) is 0 Å². The lowest BCUT2D eigenvalue weighted by atomic mass is 10.1. The molecule has 0 bridgehead atoms. The summed E-state index contributed by atoms with van der Waals surface area (Å²) in [5.41, 5.74) is 3.67. The summed E-state index contributed by atoms with van der Waals surface area (Å²) >= 11 is 0. The zero-order chi connectivity index (χ0) is 14.1. The Morgan fingerprint density at radius 3 is 2.70 bits per heavy atom. The highest BCUT2D eigenvalue weighted by atomic mass is 16.5. The van der Waals surface area contributed by atoms with Crippen molar-refractivity contribution in [3.8, 4) is 0 Å². The van der Waals surface area contributed by atoms with Gasteiger partial charge in [-0.1, -0.05) is 34.5 Å². The van der Waals surface area contributed by atoms with Crippen LogP contribution in [-0.2, 0) is 6.42 Å². The fourth-order valence-corrected chi connectivity index (χ4v) is 2.74. The van der Waals surface area contributed by atoms with Gasteiger partial charge in [-0.05, 0) is 25.8 Å². The van der Waals surface area contributed by atoms with Crippen LogP contribution in [0.3, 0.4) is 0 Å². The maximum Gasteiger partial charge on any atom is 0.243 e. The first kappa shape index (κ1) is 13.3. The molecule has 0 amide bonds. The molecule has 20 heavy (non-hydrogen) atoms. The van der Waals surface area contributed by atoms with Crippen molar-refractivity contribution in [2.45, 2.75) is 38.8 Å². The lowest BCUT2D eigenvalue weighted by Crippen LogP contribution is -2.15. The van der Waals surface area contributed by atoms with Gasteiger partial charge >= 0.3 is 0 Å². The highest BCUT2D eigenvalue weighted by Gasteiger charge is 2.28. The molecular formula is C15H19N3O2. The van der Waals surface area contributed by atoms with Gasteiger partial charge in [-0.3, -0.25) is 0 Å². The van der Waals surface area contributed by atoms with E-state index in [1.807, 2.05) is 0 Å². The van der Waals surface area contributed by atoms with Gasteiger partial charge in [0.05, 0.1) is 12.1 Å². The molecule has 1 saturated heterocycles. The van der Waals surface area contributed by atoms with Crippen molar-refractivity contribution in [1.82, 2.24) is 15.5 Å². The summed E-state index contributed by atoms with van der Waals surface area (Å²) in [5.74, 6) is 1.26. The maximum absolute atomic E-state index is 9.51. The van der Waals surface area contributed by atoms with Crippen LogP contribution in [0.1, 0.15) is 40.9 Å². The van der Waals surface area contributed by atoms with Gasteiger partial charge in [0, 0.05) is 13.0 Å². The molecule has 0 aliphatic carbocycles. The third kappa shape index (κ3) is 2.89. The lowest BCUT2D eigenvalue weighted by Gasteiger charge is -2.02. The van der Waals surface area contributed by atoms with E-state index < -0.39 is 0 Å².